The van der Waals surface area contributed by atoms with Crippen molar-refractivity contribution in [2.24, 2.45) is 0 Å². The van der Waals surface area contributed by atoms with Gasteiger partial charge in [-0.3, -0.25) is 4.79 Å². The molecule has 6 nitrogen and oxygen atoms in total. The van der Waals surface area contributed by atoms with E-state index in [2.05, 4.69) is 20.7 Å². The molecule has 9 heteroatoms. The van der Waals surface area contributed by atoms with Gasteiger partial charge in [0.2, 0.25) is 11.7 Å². The Morgan fingerprint density at radius 1 is 1.08 bits per heavy atom. The Balaban J connectivity index is 1.72. The van der Waals surface area contributed by atoms with Crippen molar-refractivity contribution in [1.29, 1.82) is 0 Å². The number of hydrogen-bond donors (Lipinski definition) is 1. The molecule has 1 amide bonds. The van der Waals surface area contributed by atoms with Gasteiger partial charge in [0.1, 0.15) is 6.54 Å². The summed E-state index contributed by atoms with van der Waals surface area (Å²) in [4.78, 5) is 13.3. The number of tetrazole rings is 1. The maximum atomic E-state index is 12.1. The van der Waals surface area contributed by atoms with Gasteiger partial charge in [0.05, 0.1) is 15.7 Å². The molecule has 0 unspecified atom stereocenters. The third kappa shape index (κ3) is 3.84. The Morgan fingerprint density at radius 3 is 2.50 bits per heavy atom. The van der Waals surface area contributed by atoms with Crippen molar-refractivity contribution in [3.8, 4) is 11.4 Å². The Morgan fingerprint density at radius 2 is 1.79 bits per heavy atom. The first-order valence-corrected chi connectivity index (χ1v) is 7.94. The summed E-state index contributed by atoms with van der Waals surface area (Å²) in [6.45, 7) is -0.130. The molecule has 3 rings (SSSR count). The van der Waals surface area contributed by atoms with E-state index < -0.39 is 0 Å². The third-order valence-corrected chi connectivity index (χ3v) is 3.91. The molecule has 122 valence electrons. The minimum Gasteiger partial charge on any atom is -0.322 e. The predicted molar refractivity (Wildman–Crippen MR) is 93.4 cm³/mol. The van der Waals surface area contributed by atoms with Crippen molar-refractivity contribution in [3.05, 3.63) is 57.5 Å². The molecule has 0 bridgehead atoms. The van der Waals surface area contributed by atoms with Gasteiger partial charge in [-0.1, -0.05) is 53.0 Å². The van der Waals surface area contributed by atoms with Crippen LogP contribution in [0.25, 0.3) is 11.4 Å². The summed E-state index contributed by atoms with van der Waals surface area (Å²) in [6, 6.07) is 12.0. The highest BCUT2D eigenvalue weighted by Gasteiger charge is 2.13. The quantitative estimate of drug-likeness (QED) is 0.742. The topological polar surface area (TPSA) is 72.7 Å². The molecule has 3 aromatic rings. The smallest absolute Gasteiger partial charge is 0.248 e. The lowest BCUT2D eigenvalue weighted by Crippen LogP contribution is -2.20. The van der Waals surface area contributed by atoms with E-state index in [-0.39, 0.29) is 12.5 Å². The SMILES string of the molecule is O=C(Cn1nnc(-c2cccc(Cl)c2)n1)Nc1c(Cl)cccc1Cl. The lowest BCUT2D eigenvalue weighted by atomic mass is 10.2. The van der Waals surface area contributed by atoms with Gasteiger partial charge in [0.15, 0.2) is 0 Å². The van der Waals surface area contributed by atoms with Gasteiger partial charge in [0.25, 0.3) is 0 Å². The summed E-state index contributed by atoms with van der Waals surface area (Å²) in [5.41, 5.74) is 1.06. The average molecular weight is 383 g/mol. The molecule has 0 aliphatic rings. The van der Waals surface area contributed by atoms with Crippen LogP contribution in [0.15, 0.2) is 42.5 Å². The monoisotopic (exact) mass is 381 g/mol. The lowest BCUT2D eigenvalue weighted by Gasteiger charge is -2.08. The van der Waals surface area contributed by atoms with Crippen LogP contribution in [-0.2, 0) is 11.3 Å². The van der Waals surface area contributed by atoms with Crippen molar-refractivity contribution in [2.75, 3.05) is 5.32 Å². The molecule has 1 N–H and O–H groups in total. The highest BCUT2D eigenvalue weighted by molar-refractivity contribution is 6.39. The van der Waals surface area contributed by atoms with E-state index in [9.17, 15) is 4.79 Å². The fraction of sp³-hybridized carbons (Fsp3) is 0.0667. The second-order valence-electron chi connectivity index (χ2n) is 4.80. The van der Waals surface area contributed by atoms with Gasteiger partial charge in [-0.2, -0.15) is 4.80 Å². The maximum Gasteiger partial charge on any atom is 0.248 e. The second-order valence-corrected chi connectivity index (χ2v) is 6.05. The van der Waals surface area contributed by atoms with Crippen molar-refractivity contribution < 1.29 is 4.79 Å². The van der Waals surface area contributed by atoms with E-state index in [4.69, 9.17) is 34.8 Å². The van der Waals surface area contributed by atoms with Crippen molar-refractivity contribution in [3.63, 3.8) is 0 Å². The highest BCUT2D eigenvalue weighted by Crippen LogP contribution is 2.29. The highest BCUT2D eigenvalue weighted by atomic mass is 35.5. The number of carbonyl (C=O) groups excluding carboxylic acids is 1. The van der Waals surface area contributed by atoms with E-state index >= 15 is 0 Å². The van der Waals surface area contributed by atoms with E-state index in [1.807, 2.05) is 0 Å². The van der Waals surface area contributed by atoms with Gasteiger partial charge in [0, 0.05) is 10.6 Å². The lowest BCUT2D eigenvalue weighted by molar-refractivity contribution is -0.117. The molecule has 0 atom stereocenters. The zero-order valence-electron chi connectivity index (χ0n) is 12.1. The van der Waals surface area contributed by atoms with Crippen LogP contribution in [-0.4, -0.2) is 26.1 Å². The molecule has 1 heterocycles. The second kappa shape index (κ2) is 7.17. The molecule has 0 aliphatic carbocycles. The Labute approximate surface area is 152 Å². The molecule has 1 aromatic heterocycles. The number of aromatic nitrogens is 4. The van der Waals surface area contributed by atoms with Crippen LogP contribution in [0.5, 0.6) is 0 Å². The maximum absolute atomic E-state index is 12.1. The van der Waals surface area contributed by atoms with Crippen molar-refractivity contribution in [2.45, 2.75) is 6.54 Å². The first-order chi connectivity index (χ1) is 11.5. The van der Waals surface area contributed by atoms with Gasteiger partial charge >= 0.3 is 0 Å². The summed E-state index contributed by atoms with van der Waals surface area (Å²) in [5.74, 6) is 0.00104. The van der Waals surface area contributed by atoms with Crippen molar-refractivity contribution >= 4 is 46.4 Å². The van der Waals surface area contributed by atoms with Crippen LogP contribution in [0.1, 0.15) is 0 Å². The first kappa shape index (κ1) is 16.7. The Kier molecular flexibility index (Phi) is 4.99. The number of anilines is 1. The Bertz CT molecular complexity index is 876. The standard InChI is InChI=1S/C15H10Cl3N5O/c16-10-4-1-3-9(7-10)15-20-22-23(21-15)8-13(24)19-14-11(17)5-2-6-12(14)18/h1-7H,8H2,(H,19,24). The number of para-hydroxylation sites is 1. The van der Waals surface area contributed by atoms with Gasteiger partial charge in [-0.15, -0.1) is 10.2 Å². The summed E-state index contributed by atoms with van der Waals surface area (Å²) < 4.78 is 0. The number of nitrogens with one attached hydrogen (secondary N) is 1. The molecule has 0 spiro atoms. The molecular weight excluding hydrogens is 373 g/mol. The van der Waals surface area contributed by atoms with E-state index in [0.717, 1.165) is 0 Å². The number of nitrogens with zero attached hydrogens (tertiary/aromatic N) is 4. The van der Waals surface area contributed by atoms with Gasteiger partial charge < -0.3 is 5.32 Å². The number of rotatable bonds is 4. The van der Waals surface area contributed by atoms with Crippen LogP contribution >= 0.6 is 34.8 Å². The number of amides is 1. The Hall–Kier alpha value is -2.15. The molecule has 0 saturated carbocycles. The van der Waals surface area contributed by atoms with Crippen LogP contribution in [0.3, 0.4) is 0 Å². The minimum atomic E-state index is -0.375. The first-order valence-electron chi connectivity index (χ1n) is 6.80. The average Bonchev–Trinajstić information content (AvgIpc) is 2.99. The fourth-order valence-corrected chi connectivity index (χ4v) is 2.66. The zero-order chi connectivity index (χ0) is 17.1. The summed E-state index contributed by atoms with van der Waals surface area (Å²) in [6.07, 6.45) is 0. The van der Waals surface area contributed by atoms with E-state index in [1.54, 1.807) is 42.5 Å². The summed E-state index contributed by atoms with van der Waals surface area (Å²) in [5, 5.41) is 15.8. The van der Waals surface area contributed by atoms with Crippen LogP contribution in [0, 0.1) is 0 Å². The normalized spacial score (nSPS) is 10.6. The van der Waals surface area contributed by atoms with E-state index in [1.165, 1.54) is 4.80 Å². The molecule has 0 saturated heterocycles. The largest absolute Gasteiger partial charge is 0.322 e. The van der Waals surface area contributed by atoms with Crippen LogP contribution < -0.4 is 5.32 Å². The fourth-order valence-electron chi connectivity index (χ4n) is 1.98. The van der Waals surface area contributed by atoms with Crippen LogP contribution in [0.4, 0.5) is 5.69 Å². The molecule has 0 fully saturated rings. The number of carbonyl (C=O) groups is 1. The molecular formula is C15H10Cl3N5O. The number of hydrogen-bond acceptors (Lipinski definition) is 4. The minimum absolute atomic E-state index is 0.130. The van der Waals surface area contributed by atoms with E-state index in [0.29, 0.717) is 32.1 Å². The molecule has 24 heavy (non-hydrogen) atoms. The third-order valence-electron chi connectivity index (χ3n) is 3.05. The predicted octanol–water partition coefficient (Wildman–Crippen LogP) is 3.94. The number of halogens is 3. The van der Waals surface area contributed by atoms with Gasteiger partial charge in [-0.05, 0) is 29.5 Å². The summed E-state index contributed by atoms with van der Waals surface area (Å²) in [7, 11) is 0. The molecule has 0 radical (unpaired) electrons. The molecule has 0 aliphatic heterocycles. The molecule has 2 aromatic carbocycles. The summed E-state index contributed by atoms with van der Waals surface area (Å²) >= 11 is 18.0. The zero-order valence-corrected chi connectivity index (χ0v) is 14.3. The van der Waals surface area contributed by atoms with Crippen molar-refractivity contribution in [1.82, 2.24) is 20.2 Å². The van der Waals surface area contributed by atoms with Crippen LogP contribution in [0.2, 0.25) is 15.1 Å². The van der Waals surface area contributed by atoms with Gasteiger partial charge in [-0.25, -0.2) is 0 Å². The number of benzene rings is 2.